The van der Waals surface area contributed by atoms with Gasteiger partial charge in [-0.3, -0.25) is 0 Å². The van der Waals surface area contributed by atoms with E-state index >= 15 is 0 Å². The van der Waals surface area contributed by atoms with E-state index < -0.39 is 0 Å². The molecular formula is C13H17N5. The minimum atomic E-state index is 0.735. The fourth-order valence-corrected chi connectivity index (χ4v) is 1.56. The summed E-state index contributed by atoms with van der Waals surface area (Å²) in [6.07, 6.45) is 0. The lowest BCUT2D eigenvalue weighted by molar-refractivity contribution is 0.991. The zero-order valence-corrected chi connectivity index (χ0v) is 10.8. The van der Waals surface area contributed by atoms with Gasteiger partial charge in [0, 0.05) is 31.5 Å². The number of aryl methyl sites for hydroxylation is 1. The first-order valence-electron chi connectivity index (χ1n) is 5.70. The first-order valence-corrected chi connectivity index (χ1v) is 5.70. The topological polar surface area (TPSA) is 67.1 Å². The molecule has 94 valence electrons. The highest BCUT2D eigenvalue weighted by Gasteiger charge is 2.03. The summed E-state index contributed by atoms with van der Waals surface area (Å²) in [5, 5.41) is 3.23. The van der Waals surface area contributed by atoms with Crippen molar-refractivity contribution in [3.63, 3.8) is 0 Å². The van der Waals surface area contributed by atoms with E-state index in [0.29, 0.717) is 0 Å². The largest absolute Gasteiger partial charge is 0.399 e. The molecule has 0 amide bonds. The van der Waals surface area contributed by atoms with Crippen molar-refractivity contribution in [1.29, 1.82) is 0 Å². The molecule has 0 atom stereocenters. The van der Waals surface area contributed by atoms with Crippen molar-refractivity contribution in [2.24, 2.45) is 0 Å². The third-order valence-corrected chi connectivity index (χ3v) is 2.47. The first kappa shape index (κ1) is 12.2. The van der Waals surface area contributed by atoms with Gasteiger partial charge >= 0.3 is 0 Å². The molecule has 0 unspecified atom stereocenters. The van der Waals surface area contributed by atoms with Crippen molar-refractivity contribution in [3.8, 4) is 0 Å². The molecule has 18 heavy (non-hydrogen) atoms. The number of anilines is 4. The first-order chi connectivity index (χ1) is 8.54. The van der Waals surface area contributed by atoms with E-state index in [4.69, 9.17) is 5.73 Å². The zero-order chi connectivity index (χ0) is 13.1. The van der Waals surface area contributed by atoms with Crippen LogP contribution >= 0.6 is 0 Å². The van der Waals surface area contributed by atoms with Crippen molar-refractivity contribution in [3.05, 3.63) is 36.2 Å². The molecule has 5 heteroatoms. The molecule has 0 saturated heterocycles. The van der Waals surface area contributed by atoms with Gasteiger partial charge in [-0.1, -0.05) is 0 Å². The summed E-state index contributed by atoms with van der Waals surface area (Å²) in [7, 11) is 3.91. The monoisotopic (exact) mass is 243 g/mol. The molecule has 0 saturated carbocycles. The van der Waals surface area contributed by atoms with Gasteiger partial charge in [0.25, 0.3) is 0 Å². The molecule has 0 aliphatic heterocycles. The van der Waals surface area contributed by atoms with E-state index in [9.17, 15) is 0 Å². The SMILES string of the molecule is Cc1nc(Nc2ccc(N)cc2)cc(N(C)C)n1. The summed E-state index contributed by atoms with van der Waals surface area (Å²) >= 11 is 0. The van der Waals surface area contributed by atoms with Crippen LogP contribution in [-0.4, -0.2) is 24.1 Å². The Labute approximate surface area is 107 Å². The Morgan fingerprint density at radius 1 is 1.11 bits per heavy atom. The smallest absolute Gasteiger partial charge is 0.136 e. The van der Waals surface area contributed by atoms with Crippen molar-refractivity contribution < 1.29 is 0 Å². The minimum absolute atomic E-state index is 0.735. The van der Waals surface area contributed by atoms with Gasteiger partial charge in [-0.05, 0) is 31.2 Å². The summed E-state index contributed by atoms with van der Waals surface area (Å²) in [6.45, 7) is 1.88. The molecular weight excluding hydrogens is 226 g/mol. The normalized spacial score (nSPS) is 10.2. The van der Waals surface area contributed by atoms with Crippen molar-refractivity contribution in [2.45, 2.75) is 6.92 Å². The third-order valence-electron chi connectivity index (χ3n) is 2.47. The quantitative estimate of drug-likeness (QED) is 0.809. The molecule has 5 nitrogen and oxygen atoms in total. The standard InChI is InChI=1S/C13H17N5/c1-9-15-12(8-13(16-9)18(2)3)17-11-6-4-10(14)5-7-11/h4-8H,14H2,1-3H3,(H,15,16,17). The third kappa shape index (κ3) is 2.88. The number of aromatic nitrogens is 2. The molecule has 0 aliphatic rings. The summed E-state index contributed by atoms with van der Waals surface area (Å²) in [4.78, 5) is 10.6. The number of nitrogens with zero attached hydrogens (tertiary/aromatic N) is 3. The molecule has 0 fully saturated rings. The van der Waals surface area contributed by atoms with Crippen LogP contribution in [0.25, 0.3) is 0 Å². The van der Waals surface area contributed by atoms with Crippen LogP contribution < -0.4 is 16.0 Å². The summed E-state index contributed by atoms with van der Waals surface area (Å²) in [5.41, 5.74) is 7.34. The van der Waals surface area contributed by atoms with E-state index in [1.807, 2.05) is 56.3 Å². The molecule has 0 radical (unpaired) electrons. The minimum Gasteiger partial charge on any atom is -0.399 e. The molecule has 1 aromatic heterocycles. The van der Waals surface area contributed by atoms with Gasteiger partial charge in [-0.15, -0.1) is 0 Å². The maximum atomic E-state index is 5.65. The number of nitrogens with two attached hydrogens (primary N) is 1. The van der Waals surface area contributed by atoms with Crippen LogP contribution in [0.2, 0.25) is 0 Å². The van der Waals surface area contributed by atoms with Crippen LogP contribution in [0, 0.1) is 6.92 Å². The molecule has 1 aromatic carbocycles. The highest BCUT2D eigenvalue weighted by atomic mass is 15.2. The van der Waals surface area contributed by atoms with Crippen molar-refractivity contribution >= 4 is 23.0 Å². The lowest BCUT2D eigenvalue weighted by Gasteiger charge is -2.14. The average Bonchev–Trinajstić information content (AvgIpc) is 2.31. The van der Waals surface area contributed by atoms with Gasteiger partial charge in [0.15, 0.2) is 0 Å². The van der Waals surface area contributed by atoms with Gasteiger partial charge in [0.05, 0.1) is 0 Å². The Kier molecular flexibility index (Phi) is 3.32. The van der Waals surface area contributed by atoms with E-state index in [-0.39, 0.29) is 0 Å². The van der Waals surface area contributed by atoms with Crippen LogP contribution in [0.1, 0.15) is 5.82 Å². The molecule has 2 aromatic rings. The molecule has 0 aliphatic carbocycles. The Morgan fingerprint density at radius 3 is 2.39 bits per heavy atom. The predicted molar refractivity (Wildman–Crippen MR) is 75.2 cm³/mol. The van der Waals surface area contributed by atoms with E-state index in [1.54, 1.807) is 0 Å². The van der Waals surface area contributed by atoms with Crippen LogP contribution in [0.15, 0.2) is 30.3 Å². The Bertz CT molecular complexity index is 534. The van der Waals surface area contributed by atoms with Gasteiger partial charge in [-0.25, -0.2) is 9.97 Å². The van der Waals surface area contributed by atoms with Crippen molar-refractivity contribution in [1.82, 2.24) is 9.97 Å². The van der Waals surface area contributed by atoms with Crippen molar-refractivity contribution in [2.75, 3.05) is 30.0 Å². The maximum Gasteiger partial charge on any atom is 0.136 e. The van der Waals surface area contributed by atoms with E-state index in [1.165, 1.54) is 0 Å². The summed E-state index contributed by atoms with van der Waals surface area (Å²) in [5.74, 6) is 2.38. The second-order valence-corrected chi connectivity index (χ2v) is 4.30. The zero-order valence-electron chi connectivity index (χ0n) is 10.8. The fraction of sp³-hybridized carbons (Fsp3) is 0.231. The molecule has 2 rings (SSSR count). The molecule has 3 N–H and O–H groups in total. The highest BCUT2D eigenvalue weighted by Crippen LogP contribution is 2.19. The number of rotatable bonds is 3. The second-order valence-electron chi connectivity index (χ2n) is 4.30. The average molecular weight is 243 g/mol. The number of nitrogens with one attached hydrogen (secondary N) is 1. The second kappa shape index (κ2) is 4.91. The molecule has 0 spiro atoms. The van der Waals surface area contributed by atoms with Crippen LogP contribution in [0.4, 0.5) is 23.0 Å². The van der Waals surface area contributed by atoms with Crippen LogP contribution in [0.3, 0.4) is 0 Å². The van der Waals surface area contributed by atoms with Gasteiger partial charge in [0.1, 0.15) is 17.5 Å². The van der Waals surface area contributed by atoms with E-state index in [0.717, 1.165) is 28.8 Å². The summed E-state index contributed by atoms with van der Waals surface area (Å²) < 4.78 is 0. The fourth-order valence-electron chi connectivity index (χ4n) is 1.56. The number of hydrogen-bond donors (Lipinski definition) is 2. The number of nitrogen functional groups attached to an aromatic ring is 1. The van der Waals surface area contributed by atoms with Gasteiger partial charge < -0.3 is 16.0 Å². The van der Waals surface area contributed by atoms with Crippen LogP contribution in [-0.2, 0) is 0 Å². The Morgan fingerprint density at radius 2 is 1.78 bits per heavy atom. The highest BCUT2D eigenvalue weighted by molar-refractivity contribution is 5.61. The molecule has 1 heterocycles. The lowest BCUT2D eigenvalue weighted by Crippen LogP contribution is -2.12. The number of hydrogen-bond acceptors (Lipinski definition) is 5. The Balaban J connectivity index is 2.26. The molecule has 0 bridgehead atoms. The van der Waals surface area contributed by atoms with Crippen LogP contribution in [0.5, 0.6) is 0 Å². The van der Waals surface area contributed by atoms with E-state index in [2.05, 4.69) is 15.3 Å². The number of benzene rings is 1. The van der Waals surface area contributed by atoms with Gasteiger partial charge in [0.2, 0.25) is 0 Å². The summed E-state index contributed by atoms with van der Waals surface area (Å²) in [6, 6.07) is 9.44. The Hall–Kier alpha value is -2.30. The maximum absolute atomic E-state index is 5.65. The van der Waals surface area contributed by atoms with Gasteiger partial charge in [-0.2, -0.15) is 0 Å². The lowest BCUT2D eigenvalue weighted by atomic mass is 10.3. The predicted octanol–water partition coefficient (Wildman–Crippen LogP) is 2.18.